The average molecular weight is 234 g/mol. The van der Waals surface area contributed by atoms with Gasteiger partial charge < -0.3 is 4.42 Å². The topological polar surface area (TPSA) is 30.2 Å². The normalized spacial score (nSPS) is 10.6. The minimum absolute atomic E-state index is 0.126. The third-order valence-electron chi connectivity index (χ3n) is 2.45. The molecule has 0 aromatic carbocycles. The molecule has 84 valence electrons. The van der Waals surface area contributed by atoms with E-state index in [0.717, 1.165) is 17.1 Å². The lowest BCUT2D eigenvalue weighted by Gasteiger charge is -1.93. The molecule has 2 rings (SSSR count). The first-order valence-corrected chi connectivity index (χ1v) is 6.16. The quantitative estimate of drug-likeness (QED) is 0.756. The highest BCUT2D eigenvalue weighted by Crippen LogP contribution is 2.19. The molecule has 16 heavy (non-hydrogen) atoms. The molecule has 0 unspecified atom stereocenters. The maximum Gasteiger partial charge on any atom is 0.171 e. The molecule has 0 aliphatic rings. The number of thiophene rings is 1. The predicted octanol–water partition coefficient (Wildman–Crippen LogP) is 3.64. The van der Waals surface area contributed by atoms with Crippen LogP contribution in [0.1, 0.15) is 32.8 Å². The summed E-state index contributed by atoms with van der Waals surface area (Å²) in [5.41, 5.74) is 0.670. The lowest BCUT2D eigenvalue weighted by molar-refractivity contribution is 0.0993. The summed E-state index contributed by atoms with van der Waals surface area (Å²) in [7, 11) is 0. The van der Waals surface area contributed by atoms with Gasteiger partial charge in [0.05, 0.1) is 5.56 Å². The third-order valence-corrected chi connectivity index (χ3v) is 3.68. The van der Waals surface area contributed by atoms with E-state index in [-0.39, 0.29) is 5.78 Å². The molecule has 0 amide bonds. The maximum atomic E-state index is 11.9. The first-order chi connectivity index (χ1) is 7.69. The molecule has 0 aliphatic heterocycles. The molecule has 0 spiro atoms. The molecule has 0 fully saturated rings. The molecule has 3 heteroatoms. The number of furan rings is 1. The zero-order valence-corrected chi connectivity index (χ0v) is 10.3. The summed E-state index contributed by atoms with van der Waals surface area (Å²) < 4.78 is 5.13. The van der Waals surface area contributed by atoms with Crippen molar-refractivity contribution >= 4 is 17.1 Å². The van der Waals surface area contributed by atoms with Gasteiger partial charge in [-0.15, -0.1) is 11.3 Å². The van der Waals surface area contributed by atoms with E-state index >= 15 is 0 Å². The molecular weight excluding hydrogens is 220 g/mol. The Bertz CT molecular complexity index is 494. The molecule has 0 N–H and O–H groups in total. The van der Waals surface area contributed by atoms with E-state index in [4.69, 9.17) is 4.42 Å². The van der Waals surface area contributed by atoms with Crippen LogP contribution >= 0.6 is 11.3 Å². The number of hydrogen-bond acceptors (Lipinski definition) is 3. The van der Waals surface area contributed by atoms with Crippen LogP contribution in [-0.4, -0.2) is 5.78 Å². The summed E-state index contributed by atoms with van der Waals surface area (Å²) >= 11 is 1.71. The fraction of sp³-hybridized carbons (Fsp3) is 0.308. The largest absolute Gasteiger partial charge is 0.469 e. The number of Topliss-reactive ketones (excluding diaryl/α,β-unsaturated/α-hetero) is 1. The van der Waals surface area contributed by atoms with Crippen LogP contribution in [0.25, 0.3) is 0 Å². The second-order valence-electron chi connectivity index (χ2n) is 3.77. The van der Waals surface area contributed by atoms with Crippen LogP contribution in [0.15, 0.2) is 28.9 Å². The van der Waals surface area contributed by atoms with Crippen molar-refractivity contribution in [3.63, 3.8) is 0 Å². The minimum Gasteiger partial charge on any atom is -0.469 e. The second kappa shape index (κ2) is 4.66. The number of aryl methyl sites for hydroxylation is 2. The summed E-state index contributed by atoms with van der Waals surface area (Å²) in [6.45, 7) is 3.97. The van der Waals surface area contributed by atoms with E-state index in [1.165, 1.54) is 11.1 Å². The van der Waals surface area contributed by atoms with Gasteiger partial charge in [0, 0.05) is 16.2 Å². The lowest BCUT2D eigenvalue weighted by atomic mass is 10.1. The summed E-state index contributed by atoms with van der Waals surface area (Å²) in [5, 5.41) is 0. The van der Waals surface area contributed by atoms with Gasteiger partial charge in [-0.3, -0.25) is 4.79 Å². The van der Waals surface area contributed by atoms with Crippen LogP contribution in [-0.2, 0) is 12.8 Å². The van der Waals surface area contributed by atoms with Crippen molar-refractivity contribution in [2.24, 2.45) is 0 Å². The van der Waals surface area contributed by atoms with E-state index in [9.17, 15) is 4.79 Å². The molecule has 0 saturated carbocycles. The number of carbonyl (C=O) groups is 1. The highest BCUT2D eigenvalue weighted by Gasteiger charge is 2.10. The molecule has 2 aromatic rings. The third kappa shape index (κ3) is 2.42. The van der Waals surface area contributed by atoms with Gasteiger partial charge in [-0.1, -0.05) is 6.92 Å². The van der Waals surface area contributed by atoms with Gasteiger partial charge in [-0.05, 0) is 31.5 Å². The highest BCUT2D eigenvalue weighted by molar-refractivity contribution is 7.12. The molecule has 0 aliphatic carbocycles. The van der Waals surface area contributed by atoms with Crippen LogP contribution in [0.2, 0.25) is 0 Å². The molecule has 0 radical (unpaired) electrons. The smallest absolute Gasteiger partial charge is 0.171 e. The second-order valence-corrected chi connectivity index (χ2v) is 5.02. The maximum absolute atomic E-state index is 11.9. The van der Waals surface area contributed by atoms with Crippen LogP contribution in [0.5, 0.6) is 0 Å². The van der Waals surface area contributed by atoms with E-state index in [1.54, 1.807) is 17.4 Å². The van der Waals surface area contributed by atoms with Crippen molar-refractivity contribution < 1.29 is 9.21 Å². The molecule has 0 atom stereocenters. The van der Waals surface area contributed by atoms with E-state index in [2.05, 4.69) is 13.0 Å². The lowest BCUT2D eigenvalue weighted by Crippen LogP contribution is -2.00. The van der Waals surface area contributed by atoms with E-state index in [1.807, 2.05) is 13.0 Å². The van der Waals surface area contributed by atoms with Crippen molar-refractivity contribution in [1.29, 1.82) is 0 Å². The Labute approximate surface area is 98.9 Å². The Morgan fingerprint density at radius 1 is 1.38 bits per heavy atom. The van der Waals surface area contributed by atoms with E-state index < -0.39 is 0 Å². The summed E-state index contributed by atoms with van der Waals surface area (Å²) in [4.78, 5) is 14.3. The highest BCUT2D eigenvalue weighted by atomic mass is 32.1. The van der Waals surface area contributed by atoms with Gasteiger partial charge in [-0.2, -0.15) is 0 Å². The first kappa shape index (κ1) is 11.1. The van der Waals surface area contributed by atoms with Crippen LogP contribution < -0.4 is 0 Å². The van der Waals surface area contributed by atoms with Crippen molar-refractivity contribution in [3.05, 3.63) is 45.5 Å². The Kier molecular flexibility index (Phi) is 3.25. The Morgan fingerprint density at radius 2 is 2.12 bits per heavy atom. The molecule has 0 bridgehead atoms. The van der Waals surface area contributed by atoms with Crippen LogP contribution in [0.4, 0.5) is 0 Å². The van der Waals surface area contributed by atoms with Gasteiger partial charge in [0.1, 0.15) is 12.0 Å². The van der Waals surface area contributed by atoms with Gasteiger partial charge >= 0.3 is 0 Å². The van der Waals surface area contributed by atoms with Crippen molar-refractivity contribution in [1.82, 2.24) is 0 Å². The number of carbonyl (C=O) groups excluding carboxylic acids is 1. The zero-order valence-electron chi connectivity index (χ0n) is 9.45. The average Bonchev–Trinajstić information content (AvgIpc) is 2.87. The van der Waals surface area contributed by atoms with Crippen molar-refractivity contribution in [3.8, 4) is 0 Å². The summed E-state index contributed by atoms with van der Waals surface area (Å²) in [6, 6.07) is 5.92. The first-order valence-electron chi connectivity index (χ1n) is 5.35. The minimum atomic E-state index is 0.126. The molecular formula is C13H14O2S. The van der Waals surface area contributed by atoms with Crippen LogP contribution in [0.3, 0.4) is 0 Å². The Morgan fingerprint density at radius 3 is 2.69 bits per heavy atom. The van der Waals surface area contributed by atoms with Crippen molar-refractivity contribution in [2.45, 2.75) is 26.7 Å². The van der Waals surface area contributed by atoms with Gasteiger partial charge in [0.2, 0.25) is 0 Å². The van der Waals surface area contributed by atoms with E-state index in [0.29, 0.717) is 12.0 Å². The SMILES string of the molecule is CCc1ccc(CC(=O)c2coc(C)c2)s1. The summed E-state index contributed by atoms with van der Waals surface area (Å²) in [5.74, 6) is 0.908. The fourth-order valence-corrected chi connectivity index (χ4v) is 2.51. The Balaban J connectivity index is 2.07. The summed E-state index contributed by atoms with van der Waals surface area (Å²) in [6.07, 6.45) is 3.04. The van der Waals surface area contributed by atoms with Gasteiger partial charge in [0.15, 0.2) is 5.78 Å². The number of rotatable bonds is 4. The number of hydrogen-bond donors (Lipinski definition) is 0. The predicted molar refractivity (Wildman–Crippen MR) is 65.2 cm³/mol. The molecule has 2 heterocycles. The van der Waals surface area contributed by atoms with Gasteiger partial charge in [-0.25, -0.2) is 0 Å². The number of ketones is 1. The molecule has 2 aromatic heterocycles. The fourth-order valence-electron chi connectivity index (χ4n) is 1.56. The zero-order chi connectivity index (χ0) is 11.5. The monoisotopic (exact) mass is 234 g/mol. The standard InChI is InChI=1S/C13H14O2S/c1-3-11-4-5-12(16-11)7-13(14)10-6-9(2)15-8-10/h4-6,8H,3,7H2,1-2H3. The van der Waals surface area contributed by atoms with Crippen LogP contribution in [0, 0.1) is 6.92 Å². The molecule has 2 nitrogen and oxygen atoms in total. The van der Waals surface area contributed by atoms with Gasteiger partial charge in [0.25, 0.3) is 0 Å². The molecule has 0 saturated heterocycles. The van der Waals surface area contributed by atoms with Crippen molar-refractivity contribution in [2.75, 3.05) is 0 Å². The Hall–Kier alpha value is -1.35.